The van der Waals surface area contributed by atoms with Crippen molar-refractivity contribution in [2.24, 2.45) is 4.99 Å². The van der Waals surface area contributed by atoms with Crippen LogP contribution in [0.25, 0.3) is 0 Å². The third-order valence-electron chi connectivity index (χ3n) is 5.27. The molecule has 3 rings (SSSR count). The minimum Gasteiger partial charge on any atom is -0.286 e. The number of aliphatic imine (C=N–C) groups is 1. The molecule has 0 fully saturated rings. The summed E-state index contributed by atoms with van der Waals surface area (Å²) in [5.74, 6) is -0.398. The average Bonchev–Trinajstić information content (AvgIpc) is 2.87. The maximum absolute atomic E-state index is 11.7. The van der Waals surface area contributed by atoms with Gasteiger partial charge in [0, 0.05) is 18.1 Å². The van der Waals surface area contributed by atoms with Gasteiger partial charge >= 0.3 is 0 Å². The van der Waals surface area contributed by atoms with Crippen molar-refractivity contribution in [2.45, 2.75) is 37.5 Å². The van der Waals surface area contributed by atoms with Crippen molar-refractivity contribution in [1.29, 1.82) is 0 Å². The first kappa shape index (κ1) is 23.3. The average molecular weight is 466 g/mol. The van der Waals surface area contributed by atoms with Gasteiger partial charge in [-0.3, -0.25) is 9.11 Å². The number of rotatable bonds is 7. The van der Waals surface area contributed by atoms with Crippen molar-refractivity contribution in [3.8, 4) is 0 Å². The van der Waals surface area contributed by atoms with Crippen LogP contribution in [0.2, 0.25) is 0 Å². The highest BCUT2D eigenvalue weighted by Gasteiger charge is 2.47. The van der Waals surface area contributed by atoms with Crippen LogP contribution in [0.1, 0.15) is 32.8 Å². The van der Waals surface area contributed by atoms with Crippen LogP contribution in [-0.4, -0.2) is 54.2 Å². The Labute approximate surface area is 182 Å². The van der Waals surface area contributed by atoms with Gasteiger partial charge in [-0.1, -0.05) is 18.2 Å². The minimum absolute atomic E-state index is 0.163. The Morgan fingerprint density at radius 1 is 1.03 bits per heavy atom. The second-order valence-electron chi connectivity index (χ2n) is 7.95. The molecule has 0 saturated carbocycles. The molecule has 166 valence electrons. The third-order valence-corrected chi connectivity index (χ3v) is 6.93. The largest absolute Gasteiger partial charge is 0.294 e. The Kier molecular flexibility index (Phi) is 6.21. The lowest BCUT2D eigenvalue weighted by Gasteiger charge is -2.18. The summed E-state index contributed by atoms with van der Waals surface area (Å²) in [4.78, 5) is 4.49. The predicted octanol–water partition coefficient (Wildman–Crippen LogP) is 3.38. The lowest BCUT2D eigenvalue weighted by Crippen LogP contribution is -2.35. The summed E-state index contributed by atoms with van der Waals surface area (Å²) in [6, 6.07) is 13.7. The molecule has 8 nitrogen and oxygen atoms in total. The second kappa shape index (κ2) is 8.27. The molecule has 1 aliphatic heterocycles. The zero-order valence-corrected chi connectivity index (χ0v) is 19.1. The van der Waals surface area contributed by atoms with Crippen molar-refractivity contribution in [3.63, 3.8) is 0 Å². The molecule has 0 atom stereocenters. The van der Waals surface area contributed by atoms with Crippen molar-refractivity contribution < 1.29 is 30.5 Å². The molecule has 0 aromatic heterocycles. The molecule has 0 bridgehead atoms. The molecule has 0 radical (unpaired) electrons. The van der Waals surface area contributed by atoms with E-state index >= 15 is 0 Å². The summed E-state index contributed by atoms with van der Waals surface area (Å²) >= 11 is 0. The SMILES string of the molecule is CC(=Nc1ccccc1)C1=[N+](CCCS(=O)(=O)O)c2ccc(S(=O)(=O)O)cc2C1(C)C. The van der Waals surface area contributed by atoms with E-state index in [1.807, 2.05) is 55.7 Å². The van der Waals surface area contributed by atoms with Gasteiger partial charge in [0.05, 0.1) is 21.8 Å². The summed E-state index contributed by atoms with van der Waals surface area (Å²) in [5, 5.41) is 0. The molecule has 0 aliphatic carbocycles. The van der Waals surface area contributed by atoms with Crippen LogP contribution in [0, 0.1) is 0 Å². The number of benzene rings is 2. The standard InChI is InChI=1S/C21H24N2O6S2/c1-15(22-16-8-5-4-6-9-16)20-21(2,3)18-14-17(31(27,28)29)10-11-19(18)23(20)12-7-13-30(24,25)26/h4-6,8-11,14H,7,12-13H2,1-3H3,(H-,24,25,26,27,28,29)/p+1. The van der Waals surface area contributed by atoms with Crippen LogP contribution in [0.3, 0.4) is 0 Å². The van der Waals surface area contributed by atoms with E-state index in [1.165, 1.54) is 12.1 Å². The number of hydrogen-bond acceptors (Lipinski definition) is 5. The zero-order chi connectivity index (χ0) is 23.0. The summed E-state index contributed by atoms with van der Waals surface area (Å²) < 4.78 is 66.3. The van der Waals surface area contributed by atoms with Crippen LogP contribution in [0.5, 0.6) is 0 Å². The zero-order valence-electron chi connectivity index (χ0n) is 17.5. The molecule has 0 saturated heterocycles. The molecule has 1 heterocycles. The lowest BCUT2D eigenvalue weighted by atomic mass is 9.80. The summed E-state index contributed by atoms with van der Waals surface area (Å²) in [6.07, 6.45) is 0.163. The summed E-state index contributed by atoms with van der Waals surface area (Å²) in [6.45, 7) is 5.96. The first-order valence-electron chi connectivity index (χ1n) is 9.63. The Hall–Kier alpha value is -2.40. The minimum atomic E-state index is -4.39. The topological polar surface area (TPSA) is 124 Å². The summed E-state index contributed by atoms with van der Waals surface area (Å²) in [7, 11) is -8.50. The van der Waals surface area contributed by atoms with E-state index in [2.05, 4.69) is 0 Å². The van der Waals surface area contributed by atoms with Crippen LogP contribution in [0.4, 0.5) is 11.4 Å². The molecule has 0 amide bonds. The van der Waals surface area contributed by atoms with Gasteiger partial charge in [-0.2, -0.15) is 21.4 Å². The van der Waals surface area contributed by atoms with Crippen molar-refractivity contribution in [1.82, 2.24) is 0 Å². The van der Waals surface area contributed by atoms with Gasteiger partial charge in [0.2, 0.25) is 11.4 Å². The fourth-order valence-electron chi connectivity index (χ4n) is 4.03. The maximum atomic E-state index is 11.7. The first-order valence-corrected chi connectivity index (χ1v) is 12.7. The normalized spacial score (nSPS) is 16.5. The van der Waals surface area contributed by atoms with Gasteiger partial charge in [0.15, 0.2) is 6.54 Å². The lowest BCUT2D eigenvalue weighted by molar-refractivity contribution is -0.436. The van der Waals surface area contributed by atoms with Crippen LogP contribution in [-0.2, 0) is 25.7 Å². The second-order valence-corrected chi connectivity index (χ2v) is 10.9. The highest BCUT2D eigenvalue weighted by Crippen LogP contribution is 2.41. The van der Waals surface area contributed by atoms with E-state index in [0.717, 1.165) is 11.4 Å². The molecule has 2 aromatic carbocycles. The molecule has 0 unspecified atom stereocenters. The fraction of sp³-hybridized carbons (Fsp3) is 0.333. The van der Waals surface area contributed by atoms with Gasteiger partial charge in [-0.25, -0.2) is 4.99 Å². The molecule has 1 aliphatic rings. The van der Waals surface area contributed by atoms with Crippen LogP contribution >= 0.6 is 0 Å². The highest BCUT2D eigenvalue weighted by molar-refractivity contribution is 7.86. The van der Waals surface area contributed by atoms with Gasteiger partial charge in [-0.15, -0.1) is 0 Å². The molecule has 31 heavy (non-hydrogen) atoms. The molecule has 2 N–H and O–H groups in total. The quantitative estimate of drug-likeness (QED) is 0.367. The van der Waals surface area contributed by atoms with E-state index in [9.17, 15) is 21.4 Å². The van der Waals surface area contributed by atoms with Gasteiger partial charge < -0.3 is 0 Å². The Morgan fingerprint density at radius 3 is 2.26 bits per heavy atom. The number of hydrogen-bond donors (Lipinski definition) is 2. The Morgan fingerprint density at radius 2 is 1.68 bits per heavy atom. The molecule has 2 aromatic rings. The van der Waals surface area contributed by atoms with Crippen molar-refractivity contribution in [2.75, 3.05) is 12.3 Å². The molecule has 0 spiro atoms. The van der Waals surface area contributed by atoms with Gasteiger partial charge in [-0.05, 0) is 45.0 Å². The van der Waals surface area contributed by atoms with Gasteiger partial charge in [0.25, 0.3) is 20.2 Å². The van der Waals surface area contributed by atoms with E-state index in [-0.39, 0.29) is 17.9 Å². The van der Waals surface area contributed by atoms with E-state index in [1.54, 1.807) is 6.07 Å². The van der Waals surface area contributed by atoms with Crippen LogP contribution in [0.15, 0.2) is 58.4 Å². The van der Waals surface area contributed by atoms with Crippen LogP contribution < -0.4 is 0 Å². The predicted molar refractivity (Wildman–Crippen MR) is 119 cm³/mol. The van der Waals surface area contributed by atoms with E-state index in [0.29, 0.717) is 17.0 Å². The smallest absolute Gasteiger partial charge is 0.286 e. The first-order chi connectivity index (χ1) is 14.3. The maximum Gasteiger partial charge on any atom is 0.294 e. The highest BCUT2D eigenvalue weighted by atomic mass is 32.2. The van der Waals surface area contributed by atoms with Crippen molar-refractivity contribution in [3.05, 3.63) is 54.1 Å². The monoisotopic (exact) mass is 465 g/mol. The fourth-order valence-corrected chi connectivity index (χ4v) is 5.03. The Balaban J connectivity index is 2.15. The molecular formula is C21H25N2O6S2+. The van der Waals surface area contributed by atoms with Crippen molar-refractivity contribution >= 4 is 43.0 Å². The molecule has 10 heteroatoms. The summed E-state index contributed by atoms with van der Waals surface area (Å²) in [5.41, 5.74) is 2.92. The third kappa shape index (κ3) is 5.09. The molecular weight excluding hydrogens is 440 g/mol. The number of fused-ring (bicyclic) bond motifs is 1. The van der Waals surface area contributed by atoms with E-state index < -0.39 is 31.4 Å². The Bertz CT molecular complexity index is 1280. The van der Waals surface area contributed by atoms with E-state index in [4.69, 9.17) is 9.55 Å². The van der Waals surface area contributed by atoms with Gasteiger partial charge in [0.1, 0.15) is 5.71 Å². The number of nitrogens with zero attached hydrogens (tertiary/aromatic N) is 2. The number of para-hydroxylation sites is 1.